The van der Waals surface area contributed by atoms with Crippen LogP contribution >= 0.6 is 11.6 Å². The quantitative estimate of drug-likeness (QED) is 0.694. The summed E-state index contributed by atoms with van der Waals surface area (Å²) in [7, 11) is 0. The smallest absolute Gasteiger partial charge is 0.0656 e. The second kappa shape index (κ2) is 5.24. The van der Waals surface area contributed by atoms with Crippen molar-refractivity contribution < 1.29 is 5.11 Å². The largest absolute Gasteiger partial charge is 0.398 e. The molecule has 1 rings (SSSR count). The number of aliphatic hydroxyl groups is 1. The summed E-state index contributed by atoms with van der Waals surface area (Å²) in [5.74, 6) is 0. The Morgan fingerprint density at radius 1 is 1.53 bits per heavy atom. The molecule has 0 aromatic heterocycles. The normalized spacial score (nSPS) is 12.5. The minimum atomic E-state index is 0.0587. The first-order chi connectivity index (χ1) is 7.08. The maximum absolute atomic E-state index is 9.08. The highest BCUT2D eigenvalue weighted by molar-refractivity contribution is 6.33. The van der Waals surface area contributed by atoms with E-state index in [0.717, 1.165) is 17.7 Å². The zero-order valence-electron chi connectivity index (χ0n) is 9.05. The van der Waals surface area contributed by atoms with E-state index in [2.05, 4.69) is 5.32 Å². The Morgan fingerprint density at radius 3 is 2.73 bits per heavy atom. The predicted molar refractivity (Wildman–Crippen MR) is 65.4 cm³/mol. The van der Waals surface area contributed by atoms with Crippen LogP contribution in [0.3, 0.4) is 0 Å². The molecule has 0 aliphatic carbocycles. The van der Waals surface area contributed by atoms with Gasteiger partial charge in [-0.15, -0.1) is 0 Å². The van der Waals surface area contributed by atoms with Gasteiger partial charge >= 0.3 is 0 Å². The van der Waals surface area contributed by atoms with Gasteiger partial charge in [-0.3, -0.25) is 0 Å². The fraction of sp³-hybridized carbons (Fsp3) is 0.455. The molecule has 0 aliphatic rings. The number of rotatable bonds is 4. The van der Waals surface area contributed by atoms with E-state index in [1.807, 2.05) is 19.9 Å². The third-order valence-corrected chi connectivity index (χ3v) is 2.74. The molecular formula is C11H17ClN2O. The first kappa shape index (κ1) is 12.1. The van der Waals surface area contributed by atoms with Gasteiger partial charge in [-0.05, 0) is 31.0 Å². The first-order valence-corrected chi connectivity index (χ1v) is 5.39. The molecule has 1 aromatic rings. The second-order valence-corrected chi connectivity index (χ2v) is 4.03. The Morgan fingerprint density at radius 2 is 2.20 bits per heavy atom. The lowest BCUT2D eigenvalue weighted by atomic mass is 10.1. The van der Waals surface area contributed by atoms with Crippen molar-refractivity contribution in [3.63, 3.8) is 0 Å². The average Bonchev–Trinajstić information content (AvgIpc) is 2.21. The summed E-state index contributed by atoms with van der Waals surface area (Å²) in [6, 6.07) is 3.68. The van der Waals surface area contributed by atoms with Crippen LogP contribution in [0, 0.1) is 6.92 Å². The maximum Gasteiger partial charge on any atom is 0.0656 e. The molecule has 4 heteroatoms. The van der Waals surface area contributed by atoms with E-state index in [1.165, 1.54) is 0 Å². The van der Waals surface area contributed by atoms with Gasteiger partial charge in [0.05, 0.1) is 17.3 Å². The molecule has 4 N–H and O–H groups in total. The number of benzene rings is 1. The lowest BCUT2D eigenvalue weighted by molar-refractivity contribution is 0.272. The van der Waals surface area contributed by atoms with Crippen molar-refractivity contribution >= 4 is 23.0 Å². The Hall–Kier alpha value is -0.930. The van der Waals surface area contributed by atoms with Gasteiger partial charge in [-0.2, -0.15) is 0 Å². The fourth-order valence-corrected chi connectivity index (χ4v) is 1.52. The van der Waals surface area contributed by atoms with Crippen LogP contribution in [0.5, 0.6) is 0 Å². The van der Waals surface area contributed by atoms with E-state index in [9.17, 15) is 0 Å². The number of hydrogen-bond acceptors (Lipinski definition) is 3. The van der Waals surface area contributed by atoms with Gasteiger partial charge in [0.1, 0.15) is 0 Å². The molecule has 1 unspecified atom stereocenters. The van der Waals surface area contributed by atoms with E-state index in [4.69, 9.17) is 22.4 Å². The molecule has 0 heterocycles. The SMILES string of the molecule is CCC(CO)Nc1cc(Cl)c(N)cc1C. The summed E-state index contributed by atoms with van der Waals surface area (Å²) < 4.78 is 0. The Bertz CT molecular complexity index is 338. The minimum absolute atomic E-state index is 0.0587. The van der Waals surface area contributed by atoms with Crippen molar-refractivity contribution in [1.29, 1.82) is 0 Å². The maximum atomic E-state index is 9.08. The third kappa shape index (κ3) is 3.01. The van der Waals surface area contributed by atoms with Gasteiger partial charge in [0.15, 0.2) is 0 Å². The third-order valence-electron chi connectivity index (χ3n) is 2.42. The monoisotopic (exact) mass is 228 g/mol. The van der Waals surface area contributed by atoms with Crippen LogP contribution in [0.1, 0.15) is 18.9 Å². The summed E-state index contributed by atoms with van der Waals surface area (Å²) in [6.07, 6.45) is 0.859. The van der Waals surface area contributed by atoms with E-state index < -0.39 is 0 Å². The van der Waals surface area contributed by atoms with E-state index >= 15 is 0 Å². The van der Waals surface area contributed by atoms with Crippen LogP contribution < -0.4 is 11.1 Å². The standard InChI is InChI=1S/C11H17ClN2O/c1-3-8(6-15)14-11-5-9(12)10(13)4-7(11)2/h4-5,8,14-15H,3,6,13H2,1-2H3. The zero-order chi connectivity index (χ0) is 11.4. The second-order valence-electron chi connectivity index (χ2n) is 3.62. The van der Waals surface area contributed by atoms with Gasteiger partial charge in [0.25, 0.3) is 0 Å². The number of anilines is 2. The van der Waals surface area contributed by atoms with Gasteiger partial charge in [-0.25, -0.2) is 0 Å². The van der Waals surface area contributed by atoms with Crippen LogP contribution in [0.4, 0.5) is 11.4 Å². The molecule has 0 radical (unpaired) electrons. The van der Waals surface area contributed by atoms with Crippen molar-refractivity contribution in [3.05, 3.63) is 22.7 Å². The van der Waals surface area contributed by atoms with Crippen molar-refractivity contribution in [3.8, 4) is 0 Å². The Kier molecular flexibility index (Phi) is 4.24. The lowest BCUT2D eigenvalue weighted by Crippen LogP contribution is -2.23. The number of nitrogens with two attached hydrogens (primary N) is 1. The summed E-state index contributed by atoms with van der Waals surface area (Å²) >= 11 is 5.93. The number of hydrogen-bond donors (Lipinski definition) is 3. The molecule has 3 nitrogen and oxygen atoms in total. The summed E-state index contributed by atoms with van der Waals surface area (Å²) in [6.45, 7) is 4.08. The molecule has 1 aromatic carbocycles. The molecule has 0 fully saturated rings. The van der Waals surface area contributed by atoms with Gasteiger partial charge in [0.2, 0.25) is 0 Å². The van der Waals surface area contributed by atoms with Crippen LogP contribution in [-0.4, -0.2) is 17.8 Å². The fourth-order valence-electron chi connectivity index (χ4n) is 1.36. The molecule has 0 bridgehead atoms. The number of halogens is 1. The number of aryl methyl sites for hydroxylation is 1. The molecule has 1 atom stereocenters. The molecule has 0 amide bonds. The van der Waals surface area contributed by atoms with Crippen LogP contribution in [0.2, 0.25) is 5.02 Å². The van der Waals surface area contributed by atoms with Crippen LogP contribution in [-0.2, 0) is 0 Å². The number of nitrogens with one attached hydrogen (secondary N) is 1. The van der Waals surface area contributed by atoms with Crippen molar-refractivity contribution in [2.75, 3.05) is 17.7 Å². The summed E-state index contributed by atoms with van der Waals surface area (Å²) in [5, 5.41) is 12.8. The van der Waals surface area contributed by atoms with Gasteiger partial charge in [-0.1, -0.05) is 18.5 Å². The summed E-state index contributed by atoms with van der Waals surface area (Å²) in [5.41, 5.74) is 8.21. The van der Waals surface area contributed by atoms with Crippen LogP contribution in [0.25, 0.3) is 0 Å². The molecule has 15 heavy (non-hydrogen) atoms. The highest BCUT2D eigenvalue weighted by Gasteiger charge is 2.08. The minimum Gasteiger partial charge on any atom is -0.398 e. The number of nitrogen functional groups attached to an aromatic ring is 1. The van der Waals surface area contributed by atoms with E-state index in [0.29, 0.717) is 10.7 Å². The number of aliphatic hydroxyl groups excluding tert-OH is 1. The highest BCUT2D eigenvalue weighted by atomic mass is 35.5. The first-order valence-electron chi connectivity index (χ1n) is 5.01. The van der Waals surface area contributed by atoms with E-state index in [1.54, 1.807) is 6.07 Å². The molecule has 84 valence electrons. The summed E-state index contributed by atoms with van der Waals surface area (Å²) in [4.78, 5) is 0. The van der Waals surface area contributed by atoms with Crippen LogP contribution in [0.15, 0.2) is 12.1 Å². The van der Waals surface area contributed by atoms with Gasteiger partial charge in [0, 0.05) is 11.7 Å². The lowest BCUT2D eigenvalue weighted by Gasteiger charge is -2.18. The molecule has 0 spiro atoms. The molecule has 0 saturated heterocycles. The van der Waals surface area contributed by atoms with E-state index in [-0.39, 0.29) is 12.6 Å². The Balaban J connectivity index is 2.89. The predicted octanol–water partition coefficient (Wildman–Crippen LogP) is 2.41. The van der Waals surface area contributed by atoms with Crippen molar-refractivity contribution in [2.45, 2.75) is 26.3 Å². The average molecular weight is 229 g/mol. The van der Waals surface area contributed by atoms with Crippen molar-refractivity contribution in [1.82, 2.24) is 0 Å². The molecule has 0 saturated carbocycles. The molecular weight excluding hydrogens is 212 g/mol. The van der Waals surface area contributed by atoms with Gasteiger partial charge < -0.3 is 16.2 Å². The zero-order valence-corrected chi connectivity index (χ0v) is 9.80. The Labute approximate surface area is 95.2 Å². The van der Waals surface area contributed by atoms with Crippen molar-refractivity contribution in [2.24, 2.45) is 0 Å². The highest BCUT2D eigenvalue weighted by Crippen LogP contribution is 2.27. The molecule has 0 aliphatic heterocycles. The topological polar surface area (TPSA) is 58.3 Å².